The summed E-state index contributed by atoms with van der Waals surface area (Å²) in [7, 11) is 0. The van der Waals surface area contributed by atoms with E-state index in [0.717, 1.165) is 6.54 Å². The van der Waals surface area contributed by atoms with Crippen molar-refractivity contribution in [2.45, 2.75) is 84.0 Å². The molecular formula is C14H33NS. The van der Waals surface area contributed by atoms with Crippen LogP contribution in [0.2, 0.25) is 0 Å². The average molecular weight is 247 g/mol. The summed E-state index contributed by atoms with van der Waals surface area (Å²) in [5, 5.41) is 0. The molecule has 0 saturated carbocycles. The Balaban J connectivity index is 0. The normalized spacial score (nSPS) is 10.1. The molecule has 2 N–H and O–H groups in total. The van der Waals surface area contributed by atoms with Gasteiger partial charge in [-0.15, -0.1) is 0 Å². The molecule has 0 unspecified atom stereocenters. The van der Waals surface area contributed by atoms with Gasteiger partial charge in [-0.05, 0) is 13.0 Å². The maximum Gasteiger partial charge on any atom is -0.00773 e. The smallest absolute Gasteiger partial charge is 0.00773 e. The minimum Gasteiger partial charge on any atom is -0.330 e. The third kappa shape index (κ3) is 16.7. The largest absolute Gasteiger partial charge is 0.330 e. The van der Waals surface area contributed by atoms with Gasteiger partial charge in [-0.1, -0.05) is 77.6 Å². The molecule has 0 aromatic heterocycles. The summed E-state index contributed by atoms with van der Waals surface area (Å²) in [6.07, 6.45) is 16.9. The lowest BCUT2D eigenvalue weighted by molar-refractivity contribution is 0.545. The lowest BCUT2D eigenvalue weighted by Crippen LogP contribution is -1.97. The Morgan fingerprint density at radius 2 is 0.875 bits per heavy atom. The Hall–Kier alpha value is 0.310. The van der Waals surface area contributed by atoms with Gasteiger partial charge in [0.05, 0.1) is 0 Å². The van der Waals surface area contributed by atoms with Crippen LogP contribution >= 0.6 is 13.5 Å². The van der Waals surface area contributed by atoms with E-state index in [1.54, 1.807) is 0 Å². The fourth-order valence-corrected chi connectivity index (χ4v) is 1.99. The minimum atomic E-state index is 0. The number of hydrogen-bond donors (Lipinski definition) is 1. The highest BCUT2D eigenvalue weighted by molar-refractivity contribution is 7.59. The number of hydrogen-bond acceptors (Lipinski definition) is 1. The van der Waals surface area contributed by atoms with E-state index in [9.17, 15) is 0 Å². The Bertz CT molecular complexity index is 94.9. The molecule has 0 bridgehead atoms. The molecule has 0 amide bonds. The SMILES string of the molecule is CCCCCCCCCCCCCCN.S. The van der Waals surface area contributed by atoms with Crippen LogP contribution in [-0.2, 0) is 0 Å². The zero-order valence-corrected chi connectivity index (χ0v) is 12.3. The number of unbranched alkanes of at least 4 members (excludes halogenated alkanes) is 11. The molecule has 0 saturated heterocycles. The van der Waals surface area contributed by atoms with Gasteiger partial charge in [0, 0.05) is 0 Å². The monoisotopic (exact) mass is 247 g/mol. The number of rotatable bonds is 12. The molecule has 0 aromatic carbocycles. The van der Waals surface area contributed by atoms with Crippen molar-refractivity contribution in [3.8, 4) is 0 Å². The van der Waals surface area contributed by atoms with Crippen molar-refractivity contribution in [1.29, 1.82) is 0 Å². The van der Waals surface area contributed by atoms with Crippen molar-refractivity contribution < 1.29 is 0 Å². The first kappa shape index (κ1) is 18.7. The zero-order chi connectivity index (χ0) is 11.2. The molecule has 16 heavy (non-hydrogen) atoms. The summed E-state index contributed by atoms with van der Waals surface area (Å²) in [5.74, 6) is 0. The van der Waals surface area contributed by atoms with Crippen LogP contribution < -0.4 is 5.73 Å². The average Bonchev–Trinajstić information content (AvgIpc) is 2.26. The first-order valence-electron chi connectivity index (χ1n) is 7.12. The molecule has 0 spiro atoms. The van der Waals surface area contributed by atoms with Crippen molar-refractivity contribution in [3.63, 3.8) is 0 Å². The molecule has 0 aliphatic heterocycles. The van der Waals surface area contributed by atoms with Crippen LogP contribution in [0, 0.1) is 0 Å². The minimum absolute atomic E-state index is 0. The van der Waals surface area contributed by atoms with Gasteiger partial charge in [-0.25, -0.2) is 0 Å². The molecule has 0 aliphatic carbocycles. The molecule has 0 fully saturated rings. The van der Waals surface area contributed by atoms with Crippen LogP contribution in [0.15, 0.2) is 0 Å². The Kier molecular flexibility index (Phi) is 20.6. The number of nitrogens with two attached hydrogens (primary N) is 1. The van der Waals surface area contributed by atoms with Crippen LogP contribution in [0.1, 0.15) is 84.0 Å². The van der Waals surface area contributed by atoms with Crippen LogP contribution in [0.5, 0.6) is 0 Å². The molecule has 2 heteroatoms. The lowest BCUT2D eigenvalue weighted by Gasteiger charge is -2.01. The molecule has 0 rings (SSSR count). The van der Waals surface area contributed by atoms with Crippen LogP contribution in [0.4, 0.5) is 0 Å². The maximum atomic E-state index is 5.45. The van der Waals surface area contributed by atoms with Crippen molar-refractivity contribution >= 4 is 13.5 Å². The third-order valence-electron chi connectivity index (χ3n) is 3.06. The first-order chi connectivity index (χ1) is 7.41. The van der Waals surface area contributed by atoms with E-state index in [1.165, 1.54) is 77.0 Å². The summed E-state index contributed by atoms with van der Waals surface area (Å²) in [6, 6.07) is 0. The van der Waals surface area contributed by atoms with Crippen LogP contribution in [0.25, 0.3) is 0 Å². The highest BCUT2D eigenvalue weighted by atomic mass is 32.1. The Morgan fingerprint density at radius 3 is 1.19 bits per heavy atom. The predicted octanol–water partition coefficient (Wildman–Crippen LogP) is 4.76. The summed E-state index contributed by atoms with van der Waals surface area (Å²) in [5.41, 5.74) is 5.45. The first-order valence-corrected chi connectivity index (χ1v) is 7.12. The van der Waals surface area contributed by atoms with Gasteiger partial charge >= 0.3 is 0 Å². The fourth-order valence-electron chi connectivity index (χ4n) is 1.99. The van der Waals surface area contributed by atoms with Gasteiger partial charge in [-0.2, -0.15) is 13.5 Å². The summed E-state index contributed by atoms with van der Waals surface area (Å²) < 4.78 is 0. The van der Waals surface area contributed by atoms with E-state index in [4.69, 9.17) is 5.73 Å². The van der Waals surface area contributed by atoms with Gasteiger partial charge in [-0.3, -0.25) is 0 Å². The highest BCUT2D eigenvalue weighted by Crippen LogP contribution is 2.11. The topological polar surface area (TPSA) is 26.0 Å². The molecular weight excluding hydrogens is 214 g/mol. The van der Waals surface area contributed by atoms with E-state index < -0.39 is 0 Å². The van der Waals surface area contributed by atoms with E-state index in [1.807, 2.05) is 0 Å². The van der Waals surface area contributed by atoms with Crippen molar-refractivity contribution in [3.05, 3.63) is 0 Å². The van der Waals surface area contributed by atoms with E-state index in [0.29, 0.717) is 0 Å². The van der Waals surface area contributed by atoms with Gasteiger partial charge in [0.25, 0.3) is 0 Å². The summed E-state index contributed by atoms with van der Waals surface area (Å²) in [4.78, 5) is 0. The standard InChI is InChI=1S/C14H31N.H2S/c1-2-3-4-5-6-7-8-9-10-11-12-13-14-15;/h2-15H2,1H3;1H2. The Morgan fingerprint density at radius 1 is 0.562 bits per heavy atom. The van der Waals surface area contributed by atoms with Crippen molar-refractivity contribution in [2.24, 2.45) is 5.73 Å². The van der Waals surface area contributed by atoms with Crippen molar-refractivity contribution in [2.75, 3.05) is 6.54 Å². The summed E-state index contributed by atoms with van der Waals surface area (Å²) in [6.45, 7) is 3.15. The second-order valence-electron chi connectivity index (χ2n) is 4.68. The molecule has 100 valence electrons. The quantitative estimate of drug-likeness (QED) is 0.494. The van der Waals surface area contributed by atoms with E-state index >= 15 is 0 Å². The van der Waals surface area contributed by atoms with Gasteiger partial charge in [0.1, 0.15) is 0 Å². The van der Waals surface area contributed by atoms with Crippen LogP contribution in [-0.4, -0.2) is 6.54 Å². The second-order valence-corrected chi connectivity index (χ2v) is 4.68. The van der Waals surface area contributed by atoms with Crippen molar-refractivity contribution in [1.82, 2.24) is 0 Å². The molecule has 0 radical (unpaired) electrons. The van der Waals surface area contributed by atoms with E-state index in [2.05, 4.69) is 6.92 Å². The fraction of sp³-hybridized carbons (Fsp3) is 1.00. The Labute approximate surface area is 110 Å². The molecule has 0 aliphatic rings. The maximum absolute atomic E-state index is 5.45. The zero-order valence-electron chi connectivity index (χ0n) is 11.3. The van der Waals surface area contributed by atoms with Crippen LogP contribution in [0.3, 0.4) is 0 Å². The van der Waals surface area contributed by atoms with Gasteiger partial charge in [0.2, 0.25) is 0 Å². The molecule has 0 atom stereocenters. The van der Waals surface area contributed by atoms with E-state index in [-0.39, 0.29) is 13.5 Å². The lowest BCUT2D eigenvalue weighted by atomic mass is 10.1. The van der Waals surface area contributed by atoms with Gasteiger partial charge in [0.15, 0.2) is 0 Å². The molecule has 0 heterocycles. The second kappa shape index (κ2) is 17.7. The molecule has 0 aromatic rings. The predicted molar refractivity (Wildman–Crippen MR) is 80.5 cm³/mol. The summed E-state index contributed by atoms with van der Waals surface area (Å²) >= 11 is 0. The molecule has 1 nitrogen and oxygen atoms in total. The third-order valence-corrected chi connectivity index (χ3v) is 3.06. The highest BCUT2D eigenvalue weighted by Gasteiger charge is 1.92. The van der Waals surface area contributed by atoms with Gasteiger partial charge < -0.3 is 5.73 Å².